The maximum absolute atomic E-state index is 11.0. The predicted octanol–water partition coefficient (Wildman–Crippen LogP) is 3.03. The van der Waals surface area contributed by atoms with Crippen LogP contribution in [-0.2, 0) is 11.2 Å². The number of aromatic nitrogens is 4. The Morgan fingerprint density at radius 1 is 1.18 bits per heavy atom. The number of morpholine rings is 1. The fraction of sp³-hybridized carbons (Fsp3) is 0.333. The Labute approximate surface area is 162 Å². The summed E-state index contributed by atoms with van der Waals surface area (Å²) in [6, 6.07) is 8.00. The van der Waals surface area contributed by atoms with Gasteiger partial charge in [-0.25, -0.2) is 4.98 Å². The van der Waals surface area contributed by atoms with Gasteiger partial charge in [-0.3, -0.25) is 4.98 Å². The fourth-order valence-electron chi connectivity index (χ4n) is 4.01. The minimum absolute atomic E-state index is 0.0525. The van der Waals surface area contributed by atoms with Crippen molar-refractivity contribution in [2.24, 2.45) is 0 Å². The fourth-order valence-corrected chi connectivity index (χ4v) is 4.01. The number of pyridine rings is 2. The smallest absolute Gasteiger partial charge is 0.203 e. The molecular weight excluding hydrogens is 354 g/mol. The van der Waals surface area contributed by atoms with E-state index < -0.39 is 0 Å². The second kappa shape index (κ2) is 6.83. The second-order valence-corrected chi connectivity index (χ2v) is 7.30. The summed E-state index contributed by atoms with van der Waals surface area (Å²) in [7, 11) is 0. The predicted molar refractivity (Wildman–Crippen MR) is 108 cm³/mol. The lowest BCUT2D eigenvalue weighted by atomic mass is 10.2. The molecule has 1 aliphatic rings. The molecule has 0 amide bonds. The van der Waals surface area contributed by atoms with Crippen LogP contribution in [0.1, 0.15) is 18.7 Å². The molecule has 4 aromatic heterocycles. The standard InChI is InChI=1S/C21H23N5O2/c1-15(12-16-13-25-7-3-2-4-19(25)23-16)26-14-17-20(21(26)27)18(5-6-22-17)24-8-10-28-11-9-24/h2-7,13-15,27H,8-12H2,1H3. The Hall–Kier alpha value is -3.06. The lowest BCUT2D eigenvalue weighted by molar-refractivity contribution is 0.123. The van der Waals surface area contributed by atoms with Gasteiger partial charge in [0.1, 0.15) is 5.65 Å². The maximum atomic E-state index is 11.0. The Morgan fingerprint density at radius 3 is 2.86 bits per heavy atom. The molecule has 5 heterocycles. The zero-order valence-corrected chi connectivity index (χ0v) is 15.8. The number of rotatable bonds is 4. The topological polar surface area (TPSA) is 67.8 Å². The summed E-state index contributed by atoms with van der Waals surface area (Å²) >= 11 is 0. The summed E-state index contributed by atoms with van der Waals surface area (Å²) in [6.45, 7) is 5.14. The van der Waals surface area contributed by atoms with Gasteiger partial charge in [0.15, 0.2) is 0 Å². The van der Waals surface area contributed by atoms with E-state index in [9.17, 15) is 5.11 Å². The number of nitrogens with zero attached hydrogens (tertiary/aromatic N) is 5. The summed E-state index contributed by atoms with van der Waals surface area (Å²) in [6.07, 6.45) is 8.52. The molecule has 0 saturated carbocycles. The molecule has 7 heteroatoms. The molecule has 0 aromatic carbocycles. The summed E-state index contributed by atoms with van der Waals surface area (Å²) in [4.78, 5) is 11.4. The third-order valence-electron chi connectivity index (χ3n) is 5.43. The largest absolute Gasteiger partial charge is 0.494 e. The van der Waals surface area contributed by atoms with Crippen molar-refractivity contribution in [1.29, 1.82) is 0 Å². The number of hydrogen-bond donors (Lipinski definition) is 1. The van der Waals surface area contributed by atoms with Gasteiger partial charge in [-0.15, -0.1) is 0 Å². The number of imidazole rings is 1. The first-order valence-electron chi connectivity index (χ1n) is 9.64. The highest BCUT2D eigenvalue weighted by Gasteiger charge is 2.21. The van der Waals surface area contributed by atoms with Crippen molar-refractivity contribution in [3.05, 3.63) is 54.7 Å². The lowest BCUT2D eigenvalue weighted by Gasteiger charge is -2.29. The molecule has 0 bridgehead atoms. The van der Waals surface area contributed by atoms with Crippen molar-refractivity contribution < 1.29 is 9.84 Å². The highest BCUT2D eigenvalue weighted by Crippen LogP contribution is 2.37. The summed E-state index contributed by atoms with van der Waals surface area (Å²) in [5.41, 5.74) is 3.76. The average molecular weight is 377 g/mol. The quantitative estimate of drug-likeness (QED) is 0.592. The summed E-state index contributed by atoms with van der Waals surface area (Å²) in [5.74, 6) is 0.265. The first-order chi connectivity index (χ1) is 13.7. The van der Waals surface area contributed by atoms with Gasteiger partial charge in [0.25, 0.3) is 0 Å². The Bertz CT molecular complexity index is 1090. The van der Waals surface area contributed by atoms with E-state index in [2.05, 4.69) is 21.8 Å². The van der Waals surface area contributed by atoms with Crippen LogP contribution >= 0.6 is 0 Å². The van der Waals surface area contributed by atoms with Crippen LogP contribution in [0.2, 0.25) is 0 Å². The minimum atomic E-state index is 0.0525. The molecule has 0 radical (unpaired) electrons. The number of aromatic hydroxyl groups is 1. The summed E-state index contributed by atoms with van der Waals surface area (Å²) in [5, 5.41) is 11.8. The third kappa shape index (κ3) is 2.88. The number of anilines is 1. The van der Waals surface area contributed by atoms with E-state index in [1.54, 1.807) is 0 Å². The van der Waals surface area contributed by atoms with Gasteiger partial charge in [0, 0.05) is 50.3 Å². The molecular formula is C21H23N5O2. The van der Waals surface area contributed by atoms with Crippen molar-refractivity contribution in [3.63, 3.8) is 0 Å². The van der Waals surface area contributed by atoms with Gasteiger partial charge in [-0.1, -0.05) is 6.07 Å². The van der Waals surface area contributed by atoms with E-state index in [0.29, 0.717) is 13.2 Å². The maximum Gasteiger partial charge on any atom is 0.203 e. The molecule has 1 N–H and O–H groups in total. The molecule has 7 nitrogen and oxygen atoms in total. The average Bonchev–Trinajstić information content (AvgIpc) is 3.29. The van der Waals surface area contributed by atoms with Crippen molar-refractivity contribution in [2.75, 3.05) is 31.2 Å². The zero-order valence-electron chi connectivity index (χ0n) is 15.8. The zero-order chi connectivity index (χ0) is 19.1. The van der Waals surface area contributed by atoms with Gasteiger partial charge in [-0.05, 0) is 25.1 Å². The van der Waals surface area contributed by atoms with E-state index in [0.717, 1.165) is 47.4 Å². The van der Waals surface area contributed by atoms with Crippen molar-refractivity contribution >= 4 is 22.2 Å². The Balaban J connectivity index is 1.49. The van der Waals surface area contributed by atoms with Gasteiger partial charge < -0.3 is 23.7 Å². The number of fused-ring (bicyclic) bond motifs is 2. The second-order valence-electron chi connectivity index (χ2n) is 7.30. The molecule has 1 unspecified atom stereocenters. The van der Waals surface area contributed by atoms with Crippen LogP contribution in [0.5, 0.6) is 5.88 Å². The third-order valence-corrected chi connectivity index (χ3v) is 5.43. The first-order valence-corrected chi connectivity index (χ1v) is 9.64. The van der Waals surface area contributed by atoms with Gasteiger partial charge in [0.05, 0.1) is 35.5 Å². The molecule has 1 fully saturated rings. The summed E-state index contributed by atoms with van der Waals surface area (Å²) < 4.78 is 9.39. The van der Waals surface area contributed by atoms with Crippen LogP contribution in [0, 0.1) is 0 Å². The number of hydrogen-bond acceptors (Lipinski definition) is 5. The first kappa shape index (κ1) is 17.1. The van der Waals surface area contributed by atoms with E-state index in [1.165, 1.54) is 0 Å². The monoisotopic (exact) mass is 377 g/mol. The van der Waals surface area contributed by atoms with Gasteiger partial charge >= 0.3 is 0 Å². The normalized spacial score (nSPS) is 16.1. The van der Waals surface area contributed by atoms with Crippen LogP contribution in [0.15, 0.2) is 49.1 Å². The van der Waals surface area contributed by atoms with Crippen LogP contribution < -0.4 is 4.90 Å². The van der Waals surface area contributed by atoms with Crippen molar-refractivity contribution in [1.82, 2.24) is 18.9 Å². The molecule has 0 aliphatic carbocycles. The van der Waals surface area contributed by atoms with Crippen LogP contribution in [0.3, 0.4) is 0 Å². The molecule has 1 atom stereocenters. The molecule has 4 aromatic rings. The van der Waals surface area contributed by atoms with E-state index in [1.807, 2.05) is 58.0 Å². The Kier molecular flexibility index (Phi) is 4.16. The van der Waals surface area contributed by atoms with Crippen molar-refractivity contribution in [2.45, 2.75) is 19.4 Å². The van der Waals surface area contributed by atoms with E-state index >= 15 is 0 Å². The highest BCUT2D eigenvalue weighted by molar-refractivity contribution is 5.96. The SMILES string of the molecule is CC(Cc1cn2ccccc2n1)n1cc2nccc(N3CCOCC3)c2c1O. The van der Waals surface area contributed by atoms with Crippen LogP contribution in [-0.4, -0.2) is 50.3 Å². The van der Waals surface area contributed by atoms with E-state index in [4.69, 9.17) is 4.74 Å². The lowest BCUT2D eigenvalue weighted by Crippen LogP contribution is -2.36. The molecule has 144 valence electrons. The molecule has 5 rings (SSSR count). The van der Waals surface area contributed by atoms with Gasteiger partial charge in [0.2, 0.25) is 5.88 Å². The molecule has 28 heavy (non-hydrogen) atoms. The molecule has 1 aliphatic heterocycles. The molecule has 1 saturated heterocycles. The van der Waals surface area contributed by atoms with Crippen LogP contribution in [0.25, 0.3) is 16.6 Å². The minimum Gasteiger partial charge on any atom is -0.494 e. The van der Waals surface area contributed by atoms with Crippen molar-refractivity contribution in [3.8, 4) is 5.88 Å². The highest BCUT2D eigenvalue weighted by atomic mass is 16.5. The van der Waals surface area contributed by atoms with Crippen LogP contribution in [0.4, 0.5) is 5.69 Å². The number of ether oxygens (including phenoxy) is 1. The van der Waals surface area contributed by atoms with E-state index in [-0.39, 0.29) is 11.9 Å². The van der Waals surface area contributed by atoms with Gasteiger partial charge in [-0.2, -0.15) is 0 Å². The molecule has 0 spiro atoms. The Morgan fingerprint density at radius 2 is 2.04 bits per heavy atom.